The first-order valence-electron chi connectivity index (χ1n) is 7.70. The van der Waals surface area contributed by atoms with Gasteiger partial charge in [0.05, 0.1) is 11.5 Å². The Morgan fingerprint density at radius 2 is 1.75 bits per heavy atom. The molecule has 2 rings (SSSR count). The van der Waals surface area contributed by atoms with Crippen LogP contribution in [0.2, 0.25) is 0 Å². The topological polar surface area (TPSA) is 27.0 Å². The summed E-state index contributed by atoms with van der Waals surface area (Å²) < 4.78 is 0. The van der Waals surface area contributed by atoms with Gasteiger partial charge >= 0.3 is 0 Å². The van der Waals surface area contributed by atoms with Gasteiger partial charge in [0.25, 0.3) is 0 Å². The van der Waals surface area contributed by atoms with Crippen LogP contribution in [0.1, 0.15) is 49.1 Å². The normalized spacial score (nSPS) is 19.6. The quantitative estimate of drug-likeness (QED) is 0.823. The molecule has 0 radical (unpaired) electrons. The summed E-state index contributed by atoms with van der Waals surface area (Å²) in [5, 5.41) is 9.87. The Hall–Kier alpha value is -1.33. The van der Waals surface area contributed by atoms with E-state index in [1.807, 2.05) is 0 Å². The fourth-order valence-electron chi connectivity index (χ4n) is 3.48. The second kappa shape index (κ2) is 6.41. The van der Waals surface area contributed by atoms with Crippen LogP contribution in [0.5, 0.6) is 0 Å². The number of benzene rings is 1. The van der Waals surface area contributed by atoms with Crippen LogP contribution in [0.4, 0.5) is 0 Å². The minimum Gasteiger partial charge on any atom is -0.309 e. The number of rotatable bonds is 4. The van der Waals surface area contributed by atoms with E-state index in [-0.39, 0.29) is 5.41 Å². The average Bonchev–Trinajstić information content (AvgIpc) is 2.46. The molecule has 108 valence electrons. The van der Waals surface area contributed by atoms with Crippen LogP contribution in [0.3, 0.4) is 0 Å². The van der Waals surface area contributed by atoms with Crippen molar-refractivity contribution >= 4 is 0 Å². The lowest BCUT2D eigenvalue weighted by Gasteiger charge is -2.39. The van der Waals surface area contributed by atoms with E-state index in [4.69, 9.17) is 0 Å². The van der Waals surface area contributed by atoms with Crippen molar-refractivity contribution in [2.24, 2.45) is 5.41 Å². The molecule has 0 N–H and O–H groups in total. The molecule has 20 heavy (non-hydrogen) atoms. The van der Waals surface area contributed by atoms with Crippen molar-refractivity contribution in [1.29, 1.82) is 5.26 Å². The lowest BCUT2D eigenvalue weighted by molar-refractivity contribution is 0.184. The predicted molar refractivity (Wildman–Crippen MR) is 83.6 cm³/mol. The van der Waals surface area contributed by atoms with E-state index in [1.165, 1.54) is 30.4 Å². The second-order valence-corrected chi connectivity index (χ2v) is 6.55. The van der Waals surface area contributed by atoms with Crippen molar-refractivity contribution in [3.05, 3.63) is 35.4 Å². The molecule has 0 bridgehead atoms. The largest absolute Gasteiger partial charge is 0.309 e. The highest BCUT2D eigenvalue weighted by Gasteiger charge is 2.41. The molecule has 0 aliphatic heterocycles. The Balaban J connectivity index is 2.35. The van der Waals surface area contributed by atoms with Crippen molar-refractivity contribution in [2.75, 3.05) is 20.6 Å². The van der Waals surface area contributed by atoms with Gasteiger partial charge in [0.15, 0.2) is 0 Å². The number of aryl methyl sites for hydroxylation is 1. The van der Waals surface area contributed by atoms with Gasteiger partial charge in [0, 0.05) is 12.5 Å². The van der Waals surface area contributed by atoms with Gasteiger partial charge in [-0.25, -0.2) is 0 Å². The maximum atomic E-state index is 9.87. The smallest absolute Gasteiger partial charge is 0.0696 e. The summed E-state index contributed by atoms with van der Waals surface area (Å²) in [6, 6.07) is 11.5. The number of hydrogen-bond acceptors (Lipinski definition) is 2. The highest BCUT2D eigenvalue weighted by atomic mass is 15.1. The monoisotopic (exact) mass is 270 g/mol. The minimum atomic E-state index is -0.169. The van der Waals surface area contributed by atoms with E-state index in [1.54, 1.807) is 0 Å². The van der Waals surface area contributed by atoms with Crippen LogP contribution in [0.15, 0.2) is 24.3 Å². The number of likely N-dealkylation sites (N-methyl/N-ethyl adjacent to an activating group) is 1. The molecule has 2 nitrogen and oxygen atoms in total. The summed E-state index contributed by atoms with van der Waals surface area (Å²) in [7, 11) is 4.21. The molecule has 0 saturated heterocycles. The van der Waals surface area contributed by atoms with Crippen molar-refractivity contribution in [3.8, 4) is 6.07 Å². The van der Waals surface area contributed by atoms with Gasteiger partial charge < -0.3 is 4.90 Å². The van der Waals surface area contributed by atoms with Crippen molar-refractivity contribution in [1.82, 2.24) is 4.90 Å². The molecule has 0 aromatic heterocycles. The number of hydrogen-bond donors (Lipinski definition) is 0. The molecule has 1 aromatic carbocycles. The molecule has 1 unspecified atom stereocenters. The highest BCUT2D eigenvalue weighted by molar-refractivity contribution is 5.29. The lowest BCUT2D eigenvalue weighted by atomic mass is 9.64. The van der Waals surface area contributed by atoms with Crippen LogP contribution in [-0.2, 0) is 0 Å². The standard InChI is InChI=1S/C18H26N2/c1-15-7-9-16(10-8-15)17(13-20(2)3)18(14-19)11-5-4-6-12-18/h7-10,17H,4-6,11-13H2,1-3H3. The first-order valence-corrected chi connectivity index (χ1v) is 7.70. The van der Waals surface area contributed by atoms with Crippen LogP contribution in [-0.4, -0.2) is 25.5 Å². The summed E-state index contributed by atoms with van der Waals surface area (Å²) in [5.74, 6) is 0.323. The van der Waals surface area contributed by atoms with Crippen LogP contribution in [0, 0.1) is 23.7 Å². The first-order chi connectivity index (χ1) is 9.57. The van der Waals surface area contributed by atoms with Crippen molar-refractivity contribution in [2.45, 2.75) is 44.9 Å². The highest BCUT2D eigenvalue weighted by Crippen LogP contribution is 2.47. The van der Waals surface area contributed by atoms with E-state index in [0.29, 0.717) is 5.92 Å². The Labute approximate surface area is 123 Å². The maximum Gasteiger partial charge on any atom is 0.0696 e. The van der Waals surface area contributed by atoms with Gasteiger partial charge in [0.2, 0.25) is 0 Å². The third-order valence-electron chi connectivity index (χ3n) is 4.66. The predicted octanol–water partition coefficient (Wildman–Crippen LogP) is 4.11. The van der Waals surface area contributed by atoms with Gasteiger partial charge in [0.1, 0.15) is 0 Å². The van der Waals surface area contributed by atoms with Crippen LogP contribution in [0.25, 0.3) is 0 Å². The molecule has 1 atom stereocenters. The van der Waals surface area contributed by atoms with E-state index >= 15 is 0 Å². The number of nitrogens with zero attached hydrogens (tertiary/aromatic N) is 2. The molecule has 0 spiro atoms. The Morgan fingerprint density at radius 1 is 1.15 bits per heavy atom. The van der Waals surface area contributed by atoms with E-state index in [9.17, 15) is 5.26 Å². The van der Waals surface area contributed by atoms with Gasteiger partial charge in [-0.2, -0.15) is 5.26 Å². The summed E-state index contributed by atoms with van der Waals surface area (Å²) in [6.45, 7) is 3.07. The maximum absolute atomic E-state index is 9.87. The summed E-state index contributed by atoms with van der Waals surface area (Å²) in [4.78, 5) is 2.22. The summed E-state index contributed by atoms with van der Waals surface area (Å²) >= 11 is 0. The van der Waals surface area contributed by atoms with Gasteiger partial charge in [-0.05, 0) is 39.4 Å². The molecular weight excluding hydrogens is 244 g/mol. The van der Waals surface area contributed by atoms with Gasteiger partial charge in [-0.15, -0.1) is 0 Å². The van der Waals surface area contributed by atoms with Gasteiger partial charge in [-0.3, -0.25) is 0 Å². The zero-order valence-corrected chi connectivity index (χ0v) is 13.0. The van der Waals surface area contributed by atoms with Crippen molar-refractivity contribution in [3.63, 3.8) is 0 Å². The molecule has 1 saturated carbocycles. The van der Waals surface area contributed by atoms with Crippen molar-refractivity contribution < 1.29 is 0 Å². The third-order valence-corrected chi connectivity index (χ3v) is 4.66. The molecule has 0 amide bonds. The SMILES string of the molecule is Cc1ccc(C(CN(C)C)C2(C#N)CCCCC2)cc1. The zero-order valence-electron chi connectivity index (χ0n) is 13.0. The van der Waals surface area contributed by atoms with E-state index < -0.39 is 0 Å². The molecule has 2 heteroatoms. The summed E-state index contributed by atoms with van der Waals surface area (Å²) in [5.41, 5.74) is 2.44. The zero-order chi connectivity index (χ0) is 14.6. The average molecular weight is 270 g/mol. The van der Waals surface area contributed by atoms with E-state index in [2.05, 4.69) is 56.3 Å². The van der Waals surface area contributed by atoms with Gasteiger partial charge in [-0.1, -0.05) is 49.1 Å². The third kappa shape index (κ3) is 3.22. The number of nitriles is 1. The molecule has 1 aromatic rings. The Bertz CT molecular complexity index is 461. The lowest BCUT2D eigenvalue weighted by Crippen LogP contribution is -2.36. The Morgan fingerprint density at radius 3 is 2.25 bits per heavy atom. The molecule has 1 aliphatic carbocycles. The molecule has 1 fully saturated rings. The molecule has 0 heterocycles. The van der Waals surface area contributed by atoms with Crippen LogP contribution >= 0.6 is 0 Å². The Kier molecular flexibility index (Phi) is 4.83. The first kappa shape index (κ1) is 15.1. The molecular formula is C18H26N2. The van der Waals surface area contributed by atoms with E-state index in [0.717, 1.165) is 19.4 Å². The second-order valence-electron chi connectivity index (χ2n) is 6.55. The summed E-state index contributed by atoms with van der Waals surface area (Å²) in [6.07, 6.45) is 5.78. The van der Waals surface area contributed by atoms with Crippen LogP contribution < -0.4 is 0 Å². The minimum absolute atomic E-state index is 0.169. The fourth-order valence-corrected chi connectivity index (χ4v) is 3.48. The fraction of sp³-hybridized carbons (Fsp3) is 0.611. The molecule has 1 aliphatic rings.